The Labute approximate surface area is 278 Å². The van der Waals surface area contributed by atoms with Gasteiger partial charge in [0.05, 0.1) is 28.7 Å². The van der Waals surface area contributed by atoms with Gasteiger partial charge in [-0.1, -0.05) is 0 Å². The van der Waals surface area contributed by atoms with Crippen LogP contribution >= 0.6 is 0 Å². The smallest absolute Gasteiger partial charge is 0.203 e. The van der Waals surface area contributed by atoms with Crippen LogP contribution in [0, 0.1) is 98.4 Å². The van der Waals surface area contributed by atoms with Crippen LogP contribution in [0.25, 0.3) is 11.1 Å². The normalized spacial score (nSPS) is 17.4. The van der Waals surface area contributed by atoms with Gasteiger partial charge < -0.3 is 0 Å². The molecule has 1 saturated carbocycles. The highest BCUT2D eigenvalue weighted by Crippen LogP contribution is 2.61. The molecule has 53 heavy (non-hydrogen) atoms. The van der Waals surface area contributed by atoms with Gasteiger partial charge in [-0.25, -0.2) is 52.7 Å². The van der Waals surface area contributed by atoms with Gasteiger partial charge in [-0.15, -0.1) is 0 Å². The molecule has 0 N–H and O–H groups in total. The molecule has 0 aliphatic heterocycles. The molecule has 1 aliphatic carbocycles. The molecule has 0 saturated heterocycles. The molecule has 2 atom stereocenters. The lowest BCUT2D eigenvalue weighted by Crippen LogP contribution is -2.19. The summed E-state index contributed by atoms with van der Waals surface area (Å²) in [5.41, 5.74) is -23.8. The topological polar surface area (TPSA) is 47.6 Å². The quantitative estimate of drug-likeness (QED) is 0.150. The number of nitriles is 2. The van der Waals surface area contributed by atoms with Crippen LogP contribution in [0.1, 0.15) is 46.2 Å². The third-order valence-electron chi connectivity index (χ3n) is 7.70. The summed E-state index contributed by atoms with van der Waals surface area (Å²) < 4.78 is 296. The molecule has 0 radical (unpaired) electrons. The molecule has 2 unspecified atom stereocenters. The van der Waals surface area contributed by atoms with E-state index < -0.39 is 156 Å². The summed E-state index contributed by atoms with van der Waals surface area (Å²) >= 11 is 0. The molecule has 23 heteroatoms. The van der Waals surface area contributed by atoms with Crippen molar-refractivity contribution in [3.05, 3.63) is 114 Å². The van der Waals surface area contributed by atoms with Crippen LogP contribution in [0.3, 0.4) is 0 Å². The predicted molar refractivity (Wildman–Crippen MR) is 131 cm³/mol. The van der Waals surface area contributed by atoms with E-state index in [1.807, 2.05) is 0 Å². The Bertz CT molecular complexity index is 2170. The molecule has 0 amide bonds. The van der Waals surface area contributed by atoms with Crippen LogP contribution in [0.5, 0.6) is 0 Å². The Hall–Kier alpha value is -5.35. The third kappa shape index (κ3) is 6.18. The van der Waals surface area contributed by atoms with E-state index in [2.05, 4.69) is 0 Å². The fourth-order valence-electron chi connectivity index (χ4n) is 5.47. The lowest BCUT2D eigenvalue weighted by molar-refractivity contribution is -0.144. The van der Waals surface area contributed by atoms with Gasteiger partial charge in [-0.3, -0.25) is 0 Å². The van der Waals surface area contributed by atoms with Crippen molar-refractivity contribution < 1.29 is 92.2 Å². The molecule has 2 nitrogen and oxygen atoms in total. The maximum absolute atomic E-state index is 15.0. The van der Waals surface area contributed by atoms with E-state index in [1.54, 1.807) is 0 Å². The summed E-state index contributed by atoms with van der Waals surface area (Å²) in [4.78, 5) is 0. The fraction of sp³-hybridized carbons (Fsp3) is 0.200. The molecular weight excluding hydrogens is 787 g/mol. The molecule has 0 spiro atoms. The van der Waals surface area contributed by atoms with E-state index in [0.717, 1.165) is 6.07 Å². The predicted octanol–water partition coefficient (Wildman–Crippen LogP) is 11.1. The third-order valence-corrected chi connectivity index (χ3v) is 7.70. The minimum Gasteiger partial charge on any atom is -0.203 e. The molecule has 4 rings (SSSR count). The number of alkyl halides is 9. The van der Waals surface area contributed by atoms with E-state index in [0.29, 0.717) is 6.07 Å². The van der Waals surface area contributed by atoms with Crippen LogP contribution in [-0.4, -0.2) is 0 Å². The summed E-state index contributed by atoms with van der Waals surface area (Å²) in [5.74, 6) is -44.1. The molecule has 0 bridgehead atoms. The molecule has 1 fully saturated rings. The number of benzene rings is 3. The lowest BCUT2D eigenvalue weighted by Gasteiger charge is -2.17. The van der Waals surface area contributed by atoms with Gasteiger partial charge in [0.25, 0.3) is 0 Å². The zero-order chi connectivity index (χ0) is 40.8. The molecule has 3 aromatic rings. The Morgan fingerprint density at radius 2 is 0.774 bits per heavy atom. The van der Waals surface area contributed by atoms with Crippen molar-refractivity contribution in [3.8, 4) is 12.1 Å². The van der Waals surface area contributed by atoms with Crippen LogP contribution in [0.2, 0.25) is 0 Å². The zero-order valence-corrected chi connectivity index (χ0v) is 24.5. The number of hydrogen-bond acceptors (Lipinski definition) is 2. The van der Waals surface area contributed by atoms with Gasteiger partial charge in [-0.2, -0.15) is 50.0 Å². The maximum Gasteiger partial charge on any atom is 0.422 e. The molecule has 282 valence electrons. The largest absolute Gasteiger partial charge is 0.422 e. The first-order chi connectivity index (χ1) is 24.1. The van der Waals surface area contributed by atoms with Crippen molar-refractivity contribution in [2.45, 2.75) is 31.4 Å². The minimum absolute atomic E-state index is 0.188. The minimum atomic E-state index is -6.22. The van der Waals surface area contributed by atoms with Crippen LogP contribution in [-0.2, 0) is 18.5 Å². The standard InChI is InChI=1S/C30H5F21N2/c1-4(8-16(31)22(37)13(28(43,44)45)23(38)17(8)32)7-9(5(2-52)11-18(33)24(39)14(29(46,47)48)25(40)19(11)34)10(7)6(3-53)12-20(35)26(41)15(30(49,50)51)27(42)21(12)36/h5,9H,1H3/b7-4?,10-6-. The molecule has 0 heterocycles. The summed E-state index contributed by atoms with van der Waals surface area (Å²) in [7, 11) is 0. The first-order valence-electron chi connectivity index (χ1n) is 13.2. The highest BCUT2D eigenvalue weighted by Gasteiger charge is 2.54. The van der Waals surface area contributed by atoms with Gasteiger partial charge in [0.1, 0.15) is 22.8 Å². The van der Waals surface area contributed by atoms with Crippen LogP contribution in [0.4, 0.5) is 92.2 Å². The number of nitrogens with zero attached hydrogens (tertiary/aromatic N) is 2. The van der Waals surface area contributed by atoms with E-state index >= 15 is 26.3 Å². The average molecular weight is 792 g/mol. The maximum atomic E-state index is 15.0. The van der Waals surface area contributed by atoms with E-state index in [9.17, 15) is 76.4 Å². The molecular formula is C30H5F21N2. The number of hydrogen-bond donors (Lipinski definition) is 0. The van der Waals surface area contributed by atoms with Gasteiger partial charge in [0.15, 0.2) is 69.8 Å². The first-order valence-corrected chi connectivity index (χ1v) is 13.2. The van der Waals surface area contributed by atoms with Crippen molar-refractivity contribution in [1.29, 1.82) is 10.5 Å². The zero-order valence-electron chi connectivity index (χ0n) is 24.5. The van der Waals surface area contributed by atoms with E-state index in [1.165, 1.54) is 0 Å². The Morgan fingerprint density at radius 1 is 0.472 bits per heavy atom. The Kier molecular flexibility index (Phi) is 9.87. The van der Waals surface area contributed by atoms with Gasteiger partial charge in [0.2, 0.25) is 0 Å². The van der Waals surface area contributed by atoms with Gasteiger partial charge >= 0.3 is 18.5 Å². The highest BCUT2D eigenvalue weighted by atomic mass is 19.4. The second kappa shape index (κ2) is 12.9. The van der Waals surface area contributed by atoms with Crippen molar-refractivity contribution in [2.24, 2.45) is 5.92 Å². The van der Waals surface area contributed by atoms with Gasteiger partial charge in [0, 0.05) is 11.5 Å². The molecule has 0 aromatic heterocycles. The van der Waals surface area contributed by atoms with Crippen LogP contribution in [0.15, 0.2) is 11.1 Å². The first kappa shape index (κ1) is 40.4. The monoisotopic (exact) mass is 792 g/mol. The summed E-state index contributed by atoms with van der Waals surface area (Å²) in [6, 6.07) is 1.50. The summed E-state index contributed by atoms with van der Waals surface area (Å²) in [6.45, 7) is 0.188. The number of allylic oxidation sites excluding steroid dienone is 4. The van der Waals surface area contributed by atoms with Crippen molar-refractivity contribution in [3.63, 3.8) is 0 Å². The fourth-order valence-corrected chi connectivity index (χ4v) is 5.47. The lowest BCUT2D eigenvalue weighted by atomic mass is 9.90. The van der Waals surface area contributed by atoms with Crippen molar-refractivity contribution in [1.82, 2.24) is 0 Å². The Balaban J connectivity index is 2.24. The molecule has 1 aliphatic rings. The van der Waals surface area contributed by atoms with Crippen molar-refractivity contribution in [2.75, 3.05) is 0 Å². The summed E-state index contributed by atoms with van der Waals surface area (Å²) in [6.07, 6.45) is -18.6. The van der Waals surface area contributed by atoms with Crippen LogP contribution < -0.4 is 0 Å². The van der Waals surface area contributed by atoms with Gasteiger partial charge in [-0.05, 0) is 23.6 Å². The number of halogens is 21. The van der Waals surface area contributed by atoms with E-state index in [-0.39, 0.29) is 6.92 Å². The number of rotatable bonds is 4. The average Bonchev–Trinajstić information content (AvgIpc) is 3.75. The highest BCUT2D eigenvalue weighted by molar-refractivity contribution is 5.95. The molecule has 3 aromatic carbocycles. The van der Waals surface area contributed by atoms with Crippen molar-refractivity contribution >= 4 is 11.1 Å². The Morgan fingerprint density at radius 3 is 1.06 bits per heavy atom. The van der Waals surface area contributed by atoms with E-state index in [4.69, 9.17) is 0 Å². The summed E-state index contributed by atoms with van der Waals surface area (Å²) in [5, 5.41) is 19.5. The second-order valence-electron chi connectivity index (χ2n) is 10.6. The SMILES string of the molecule is CC(=C1/C(=C(\C#N)c2c(F)c(F)c(C(F)(F)F)c(F)c2F)C1C(C#N)c1c(F)c(F)c(C(F)(F)F)c(F)c1F)c1c(F)c(F)c(C(F)(F)F)c(F)c1F. The second-order valence-corrected chi connectivity index (χ2v) is 10.6.